The van der Waals surface area contributed by atoms with E-state index in [1.807, 2.05) is 13.8 Å². The van der Waals surface area contributed by atoms with E-state index in [1.54, 1.807) is 0 Å². The fraction of sp³-hybridized carbons (Fsp3) is 0.556. The Kier molecular flexibility index (Phi) is 4.12. The van der Waals surface area contributed by atoms with E-state index in [-0.39, 0.29) is 12.4 Å². The standard InChI is InChI=1S/C9H14N2O3/c1-3-7-8(12)10-5-11-9(7)14-6-13-4-2/h5H,3-4,6H2,1-2H3,(H,10,11,12). The first-order valence-corrected chi connectivity index (χ1v) is 4.56. The third-order valence-corrected chi connectivity index (χ3v) is 1.75. The molecule has 0 aliphatic rings. The lowest BCUT2D eigenvalue weighted by Gasteiger charge is -2.07. The van der Waals surface area contributed by atoms with Crippen LogP contribution in [0.4, 0.5) is 0 Å². The molecule has 1 aromatic rings. The molecule has 78 valence electrons. The molecule has 1 N–H and O–H groups in total. The number of nitrogens with zero attached hydrogens (tertiary/aromatic N) is 1. The monoisotopic (exact) mass is 198 g/mol. The molecule has 1 heterocycles. The summed E-state index contributed by atoms with van der Waals surface area (Å²) in [5, 5.41) is 0. The molecule has 0 fully saturated rings. The molecular weight excluding hydrogens is 184 g/mol. The summed E-state index contributed by atoms with van der Waals surface area (Å²) in [5.41, 5.74) is 0.390. The van der Waals surface area contributed by atoms with Gasteiger partial charge in [-0.05, 0) is 13.3 Å². The predicted molar refractivity (Wildman–Crippen MR) is 51.4 cm³/mol. The van der Waals surface area contributed by atoms with E-state index >= 15 is 0 Å². The molecule has 0 unspecified atom stereocenters. The number of ether oxygens (including phenoxy) is 2. The summed E-state index contributed by atoms with van der Waals surface area (Å²) in [6.07, 6.45) is 1.91. The Morgan fingerprint density at radius 3 is 2.93 bits per heavy atom. The Balaban J connectivity index is 2.75. The Labute approximate surface area is 82.1 Å². The zero-order valence-corrected chi connectivity index (χ0v) is 8.37. The fourth-order valence-electron chi connectivity index (χ4n) is 1.03. The average molecular weight is 198 g/mol. The molecule has 0 radical (unpaired) electrons. The molecule has 0 spiro atoms. The molecule has 0 aliphatic heterocycles. The van der Waals surface area contributed by atoms with Gasteiger partial charge >= 0.3 is 0 Å². The number of aromatic nitrogens is 2. The summed E-state index contributed by atoms with van der Waals surface area (Å²) < 4.78 is 10.2. The lowest BCUT2D eigenvalue weighted by molar-refractivity contribution is 0.0189. The molecule has 0 amide bonds. The Hall–Kier alpha value is -1.36. The molecule has 1 aromatic heterocycles. The smallest absolute Gasteiger partial charge is 0.257 e. The van der Waals surface area contributed by atoms with E-state index in [0.29, 0.717) is 24.5 Å². The highest BCUT2D eigenvalue weighted by molar-refractivity contribution is 5.21. The maximum absolute atomic E-state index is 11.3. The SMILES string of the molecule is CCOCOc1nc[nH]c(=O)c1CC. The van der Waals surface area contributed by atoms with Gasteiger partial charge in [0.1, 0.15) is 0 Å². The van der Waals surface area contributed by atoms with E-state index in [0.717, 1.165) is 0 Å². The van der Waals surface area contributed by atoms with Crippen molar-refractivity contribution in [3.05, 3.63) is 22.2 Å². The van der Waals surface area contributed by atoms with E-state index in [1.165, 1.54) is 6.33 Å². The summed E-state index contributed by atoms with van der Waals surface area (Å²) in [5.74, 6) is 0.352. The van der Waals surface area contributed by atoms with Crippen LogP contribution in [0.25, 0.3) is 0 Å². The third kappa shape index (κ3) is 2.56. The molecule has 14 heavy (non-hydrogen) atoms. The first-order valence-electron chi connectivity index (χ1n) is 4.56. The molecule has 0 aromatic carbocycles. The van der Waals surface area contributed by atoms with Crippen molar-refractivity contribution >= 4 is 0 Å². The second kappa shape index (κ2) is 5.39. The van der Waals surface area contributed by atoms with Gasteiger partial charge < -0.3 is 14.5 Å². The summed E-state index contributed by atoms with van der Waals surface area (Å²) in [6, 6.07) is 0. The number of H-pyrrole nitrogens is 1. The van der Waals surface area contributed by atoms with Crippen LogP contribution in [0.2, 0.25) is 0 Å². The second-order valence-electron chi connectivity index (χ2n) is 2.62. The third-order valence-electron chi connectivity index (χ3n) is 1.75. The lowest BCUT2D eigenvalue weighted by atomic mass is 10.2. The van der Waals surface area contributed by atoms with Gasteiger partial charge in [0, 0.05) is 6.61 Å². The van der Waals surface area contributed by atoms with Crippen molar-refractivity contribution in [3.63, 3.8) is 0 Å². The Bertz CT molecular complexity index is 335. The minimum Gasteiger partial charge on any atom is -0.450 e. The summed E-state index contributed by atoms with van der Waals surface area (Å²) in [4.78, 5) is 17.7. The highest BCUT2D eigenvalue weighted by atomic mass is 16.7. The first kappa shape index (κ1) is 10.7. The molecule has 0 bridgehead atoms. The largest absolute Gasteiger partial charge is 0.450 e. The van der Waals surface area contributed by atoms with Crippen molar-refractivity contribution in [3.8, 4) is 5.88 Å². The van der Waals surface area contributed by atoms with Crippen LogP contribution in [-0.2, 0) is 11.2 Å². The zero-order valence-electron chi connectivity index (χ0n) is 8.37. The van der Waals surface area contributed by atoms with Crippen molar-refractivity contribution in [2.45, 2.75) is 20.3 Å². The van der Waals surface area contributed by atoms with Gasteiger partial charge in [0.25, 0.3) is 5.56 Å². The number of rotatable bonds is 5. The van der Waals surface area contributed by atoms with Crippen LogP contribution in [0.15, 0.2) is 11.1 Å². The van der Waals surface area contributed by atoms with Crippen molar-refractivity contribution < 1.29 is 9.47 Å². The van der Waals surface area contributed by atoms with E-state index in [2.05, 4.69) is 9.97 Å². The highest BCUT2D eigenvalue weighted by Crippen LogP contribution is 2.09. The van der Waals surface area contributed by atoms with Gasteiger partial charge in [-0.2, -0.15) is 0 Å². The molecule has 0 saturated heterocycles. The van der Waals surface area contributed by atoms with Gasteiger partial charge in [0.05, 0.1) is 11.9 Å². The maximum Gasteiger partial charge on any atom is 0.257 e. The molecule has 0 atom stereocenters. The number of hydrogen-bond acceptors (Lipinski definition) is 4. The van der Waals surface area contributed by atoms with Crippen molar-refractivity contribution in [2.75, 3.05) is 13.4 Å². The van der Waals surface area contributed by atoms with Gasteiger partial charge in [0.2, 0.25) is 5.88 Å². The minimum atomic E-state index is -0.158. The molecular formula is C9H14N2O3. The minimum absolute atomic E-state index is 0.125. The van der Waals surface area contributed by atoms with Gasteiger partial charge in [0.15, 0.2) is 6.79 Å². The first-order chi connectivity index (χ1) is 6.79. The normalized spacial score (nSPS) is 10.1. The number of hydrogen-bond donors (Lipinski definition) is 1. The van der Waals surface area contributed by atoms with Gasteiger partial charge in [-0.25, -0.2) is 4.98 Å². The summed E-state index contributed by atoms with van der Waals surface area (Å²) in [6.45, 7) is 4.44. The van der Waals surface area contributed by atoms with Crippen LogP contribution in [0.5, 0.6) is 5.88 Å². The fourth-order valence-corrected chi connectivity index (χ4v) is 1.03. The quantitative estimate of drug-likeness (QED) is 0.559. The molecule has 5 nitrogen and oxygen atoms in total. The van der Waals surface area contributed by atoms with Crippen LogP contribution >= 0.6 is 0 Å². The molecule has 0 saturated carbocycles. The average Bonchev–Trinajstić information content (AvgIpc) is 2.18. The summed E-state index contributed by atoms with van der Waals surface area (Å²) in [7, 11) is 0. The molecule has 0 aliphatic carbocycles. The van der Waals surface area contributed by atoms with Crippen LogP contribution in [0.1, 0.15) is 19.4 Å². The molecule has 1 rings (SSSR count). The lowest BCUT2D eigenvalue weighted by Crippen LogP contribution is -2.16. The topological polar surface area (TPSA) is 64.2 Å². The van der Waals surface area contributed by atoms with E-state index < -0.39 is 0 Å². The van der Waals surface area contributed by atoms with Crippen molar-refractivity contribution in [2.24, 2.45) is 0 Å². The Morgan fingerprint density at radius 2 is 2.29 bits per heavy atom. The van der Waals surface area contributed by atoms with E-state index in [4.69, 9.17) is 9.47 Å². The number of aromatic amines is 1. The van der Waals surface area contributed by atoms with Crippen LogP contribution in [0, 0.1) is 0 Å². The zero-order chi connectivity index (χ0) is 10.4. The Morgan fingerprint density at radius 1 is 1.50 bits per heavy atom. The van der Waals surface area contributed by atoms with E-state index in [9.17, 15) is 4.79 Å². The molecule has 5 heteroatoms. The van der Waals surface area contributed by atoms with Gasteiger partial charge in [-0.15, -0.1) is 0 Å². The number of nitrogens with one attached hydrogen (secondary N) is 1. The second-order valence-corrected chi connectivity index (χ2v) is 2.62. The van der Waals surface area contributed by atoms with Gasteiger partial charge in [-0.3, -0.25) is 4.79 Å². The van der Waals surface area contributed by atoms with Crippen molar-refractivity contribution in [1.29, 1.82) is 0 Å². The highest BCUT2D eigenvalue weighted by Gasteiger charge is 2.06. The van der Waals surface area contributed by atoms with Crippen molar-refractivity contribution in [1.82, 2.24) is 9.97 Å². The summed E-state index contributed by atoms with van der Waals surface area (Å²) >= 11 is 0. The predicted octanol–water partition coefficient (Wildman–Crippen LogP) is 0.705. The van der Waals surface area contributed by atoms with Gasteiger partial charge in [-0.1, -0.05) is 6.92 Å². The van der Waals surface area contributed by atoms with Crippen LogP contribution < -0.4 is 10.3 Å². The van der Waals surface area contributed by atoms with Crippen LogP contribution in [-0.4, -0.2) is 23.4 Å². The maximum atomic E-state index is 11.3. The van der Waals surface area contributed by atoms with Crippen LogP contribution in [0.3, 0.4) is 0 Å².